The number of carbonyl (C=O) groups excluding carboxylic acids is 1. The number of carboxylic acids is 1. The molecule has 1 aromatic rings. The summed E-state index contributed by atoms with van der Waals surface area (Å²) >= 11 is 0. The summed E-state index contributed by atoms with van der Waals surface area (Å²) in [4.78, 5) is 23.7. The Morgan fingerprint density at radius 2 is 1.96 bits per heavy atom. The molecule has 25 heavy (non-hydrogen) atoms. The van der Waals surface area contributed by atoms with E-state index < -0.39 is 5.97 Å². The average Bonchev–Trinajstić information content (AvgIpc) is 3.10. The lowest BCUT2D eigenvalue weighted by Gasteiger charge is -2.27. The van der Waals surface area contributed by atoms with Gasteiger partial charge in [0, 0.05) is 20.3 Å². The van der Waals surface area contributed by atoms with Gasteiger partial charge in [0.05, 0.1) is 18.1 Å². The summed E-state index contributed by atoms with van der Waals surface area (Å²) in [5.41, 5.74) is 0.770. The van der Waals surface area contributed by atoms with Crippen LogP contribution in [-0.4, -0.2) is 44.4 Å². The lowest BCUT2D eigenvalue weighted by Crippen LogP contribution is -2.40. The predicted octanol–water partition coefficient (Wildman–Crippen LogP) is 2.65. The molecule has 1 aliphatic carbocycles. The Bertz CT molecular complexity index is 608. The molecule has 6 heteroatoms. The maximum Gasteiger partial charge on any atom is 0.335 e. The fraction of sp³-hybridized carbons (Fsp3) is 0.579. The van der Waals surface area contributed by atoms with Crippen molar-refractivity contribution in [3.63, 3.8) is 0 Å². The van der Waals surface area contributed by atoms with E-state index in [1.165, 1.54) is 13.2 Å². The minimum absolute atomic E-state index is 0.100. The Labute approximate surface area is 148 Å². The first-order chi connectivity index (χ1) is 12.0. The monoisotopic (exact) mass is 349 g/mol. The predicted molar refractivity (Wildman–Crippen MR) is 94.1 cm³/mol. The molecular formula is C19H27NO5. The minimum Gasteiger partial charge on any atom is -0.496 e. The Morgan fingerprint density at radius 1 is 1.24 bits per heavy atom. The van der Waals surface area contributed by atoms with Gasteiger partial charge in [-0.05, 0) is 43.4 Å². The third-order valence-corrected chi connectivity index (χ3v) is 5.04. The van der Waals surface area contributed by atoms with Crippen LogP contribution in [0.15, 0.2) is 18.2 Å². The van der Waals surface area contributed by atoms with E-state index in [-0.39, 0.29) is 16.9 Å². The molecule has 1 saturated carbocycles. The molecule has 0 spiro atoms. The lowest BCUT2D eigenvalue weighted by molar-refractivity contribution is -0.131. The van der Waals surface area contributed by atoms with Gasteiger partial charge in [0.15, 0.2) is 0 Å². The number of aromatic carboxylic acids is 1. The van der Waals surface area contributed by atoms with Crippen molar-refractivity contribution in [2.24, 2.45) is 5.41 Å². The van der Waals surface area contributed by atoms with E-state index in [4.69, 9.17) is 14.6 Å². The van der Waals surface area contributed by atoms with Gasteiger partial charge in [-0.3, -0.25) is 4.79 Å². The van der Waals surface area contributed by atoms with Crippen molar-refractivity contribution in [3.05, 3.63) is 29.3 Å². The first-order valence-corrected chi connectivity index (χ1v) is 8.70. The number of nitrogens with one attached hydrogen (secondary N) is 1. The van der Waals surface area contributed by atoms with E-state index >= 15 is 0 Å². The highest BCUT2D eigenvalue weighted by Crippen LogP contribution is 2.41. The lowest BCUT2D eigenvalue weighted by atomic mass is 9.82. The second-order valence-corrected chi connectivity index (χ2v) is 6.57. The van der Waals surface area contributed by atoms with Crippen LogP contribution in [0.25, 0.3) is 0 Å². The van der Waals surface area contributed by atoms with Gasteiger partial charge in [-0.25, -0.2) is 4.79 Å². The minimum atomic E-state index is -0.987. The molecule has 0 atom stereocenters. The number of carboxylic acid groups (broad SMARTS) is 1. The molecular weight excluding hydrogens is 322 g/mol. The molecule has 0 aromatic heterocycles. The van der Waals surface area contributed by atoms with E-state index in [2.05, 4.69) is 5.32 Å². The zero-order chi connectivity index (χ0) is 18.3. The van der Waals surface area contributed by atoms with Crippen LogP contribution >= 0.6 is 0 Å². The van der Waals surface area contributed by atoms with Gasteiger partial charge in [-0.2, -0.15) is 0 Å². The van der Waals surface area contributed by atoms with Crippen LogP contribution in [0.3, 0.4) is 0 Å². The summed E-state index contributed by atoms with van der Waals surface area (Å²) < 4.78 is 10.4. The summed E-state index contributed by atoms with van der Waals surface area (Å²) in [6.45, 7) is 1.09. The topological polar surface area (TPSA) is 84.9 Å². The van der Waals surface area contributed by atoms with Gasteiger partial charge in [-0.15, -0.1) is 0 Å². The SMILES string of the molecule is COCCC1(C(=O)NCCc2ccc(C(=O)O)cc2OC)CCCC1. The smallest absolute Gasteiger partial charge is 0.335 e. The highest BCUT2D eigenvalue weighted by molar-refractivity contribution is 5.88. The first-order valence-electron chi connectivity index (χ1n) is 8.70. The Kier molecular flexibility index (Phi) is 6.82. The first kappa shape index (κ1) is 19.2. The summed E-state index contributed by atoms with van der Waals surface area (Å²) in [5.74, 6) is -0.355. The van der Waals surface area contributed by atoms with E-state index in [9.17, 15) is 9.59 Å². The normalized spacial score (nSPS) is 15.8. The number of carbonyl (C=O) groups is 2. The van der Waals surface area contributed by atoms with E-state index in [0.717, 1.165) is 37.7 Å². The zero-order valence-electron chi connectivity index (χ0n) is 15.0. The van der Waals surface area contributed by atoms with Crippen molar-refractivity contribution in [1.82, 2.24) is 5.32 Å². The van der Waals surface area contributed by atoms with E-state index in [1.807, 2.05) is 0 Å². The fourth-order valence-electron chi connectivity index (χ4n) is 3.52. The van der Waals surface area contributed by atoms with Gasteiger partial charge < -0.3 is 19.9 Å². The molecule has 1 aromatic carbocycles. The number of methoxy groups -OCH3 is 2. The Balaban J connectivity index is 1.95. The van der Waals surface area contributed by atoms with E-state index in [1.54, 1.807) is 19.2 Å². The number of hydrogen-bond donors (Lipinski definition) is 2. The summed E-state index contributed by atoms with van der Waals surface area (Å²) in [7, 11) is 3.18. The molecule has 2 N–H and O–H groups in total. The van der Waals surface area contributed by atoms with Crippen LogP contribution in [0.2, 0.25) is 0 Å². The largest absolute Gasteiger partial charge is 0.496 e. The van der Waals surface area contributed by atoms with Crippen molar-refractivity contribution in [1.29, 1.82) is 0 Å². The van der Waals surface area contributed by atoms with Gasteiger partial charge in [0.25, 0.3) is 0 Å². The van der Waals surface area contributed by atoms with Crippen molar-refractivity contribution in [3.8, 4) is 5.75 Å². The van der Waals surface area contributed by atoms with Gasteiger partial charge in [0.2, 0.25) is 5.91 Å². The molecule has 138 valence electrons. The number of ether oxygens (including phenoxy) is 2. The third-order valence-electron chi connectivity index (χ3n) is 5.04. The zero-order valence-corrected chi connectivity index (χ0v) is 15.0. The van der Waals surface area contributed by atoms with Crippen LogP contribution in [0.1, 0.15) is 48.0 Å². The van der Waals surface area contributed by atoms with Crippen molar-refractivity contribution in [2.45, 2.75) is 38.5 Å². The number of amides is 1. The summed E-state index contributed by atoms with van der Waals surface area (Å²) in [5, 5.41) is 12.1. The number of benzene rings is 1. The second kappa shape index (κ2) is 8.85. The molecule has 0 radical (unpaired) electrons. The molecule has 0 unspecified atom stereocenters. The average molecular weight is 349 g/mol. The van der Waals surface area contributed by atoms with Crippen molar-refractivity contribution >= 4 is 11.9 Å². The second-order valence-electron chi connectivity index (χ2n) is 6.57. The van der Waals surface area contributed by atoms with Crippen molar-refractivity contribution < 1.29 is 24.2 Å². The highest BCUT2D eigenvalue weighted by atomic mass is 16.5. The van der Waals surface area contributed by atoms with Gasteiger partial charge >= 0.3 is 5.97 Å². The van der Waals surface area contributed by atoms with Crippen molar-refractivity contribution in [2.75, 3.05) is 27.4 Å². The van der Waals surface area contributed by atoms with Crippen LogP contribution in [0.5, 0.6) is 5.75 Å². The van der Waals surface area contributed by atoms with Gasteiger partial charge in [-0.1, -0.05) is 18.9 Å². The fourth-order valence-corrected chi connectivity index (χ4v) is 3.52. The standard InChI is InChI=1S/C19H27NO5/c1-24-12-10-19(8-3-4-9-19)18(23)20-11-7-14-5-6-15(17(21)22)13-16(14)25-2/h5-6,13H,3-4,7-12H2,1-2H3,(H,20,23)(H,21,22). The quantitative estimate of drug-likeness (QED) is 0.716. The maximum absolute atomic E-state index is 12.7. The van der Waals surface area contributed by atoms with Crippen LogP contribution in [0, 0.1) is 5.41 Å². The third kappa shape index (κ3) is 4.72. The number of rotatable bonds is 9. The summed E-state index contributed by atoms with van der Waals surface area (Å²) in [6.07, 6.45) is 5.35. The molecule has 6 nitrogen and oxygen atoms in total. The van der Waals surface area contributed by atoms with E-state index in [0.29, 0.717) is 25.3 Å². The highest BCUT2D eigenvalue weighted by Gasteiger charge is 2.40. The van der Waals surface area contributed by atoms with Crippen LogP contribution < -0.4 is 10.1 Å². The van der Waals surface area contributed by atoms with Crippen LogP contribution in [0.4, 0.5) is 0 Å². The van der Waals surface area contributed by atoms with Gasteiger partial charge in [0.1, 0.15) is 5.75 Å². The molecule has 1 aliphatic rings. The molecule has 1 amide bonds. The molecule has 0 bridgehead atoms. The summed E-state index contributed by atoms with van der Waals surface area (Å²) in [6, 6.07) is 4.81. The number of hydrogen-bond acceptors (Lipinski definition) is 4. The Hall–Kier alpha value is -2.08. The molecule has 0 aliphatic heterocycles. The van der Waals surface area contributed by atoms with Crippen LogP contribution in [-0.2, 0) is 16.0 Å². The molecule has 2 rings (SSSR count). The Morgan fingerprint density at radius 3 is 2.56 bits per heavy atom. The molecule has 0 heterocycles. The maximum atomic E-state index is 12.7. The molecule has 0 saturated heterocycles. The molecule has 1 fully saturated rings.